The summed E-state index contributed by atoms with van der Waals surface area (Å²) in [7, 11) is 0. The SMILES string of the molecule is CCOC(=O)C(N)(CN1CCC(C)CC1C)C1CC1. The summed E-state index contributed by atoms with van der Waals surface area (Å²) in [5, 5.41) is 0. The smallest absolute Gasteiger partial charge is 0.327 e. The van der Waals surface area contributed by atoms with Gasteiger partial charge in [0.25, 0.3) is 0 Å². The van der Waals surface area contributed by atoms with E-state index in [1.165, 1.54) is 12.8 Å². The molecular formula is C15H28N2O2. The summed E-state index contributed by atoms with van der Waals surface area (Å²) in [6, 6.07) is 0.514. The van der Waals surface area contributed by atoms with Gasteiger partial charge in [0.05, 0.1) is 6.61 Å². The molecule has 0 amide bonds. The molecule has 3 atom stereocenters. The predicted molar refractivity (Wildman–Crippen MR) is 75.7 cm³/mol. The molecule has 19 heavy (non-hydrogen) atoms. The van der Waals surface area contributed by atoms with Crippen LogP contribution in [0.25, 0.3) is 0 Å². The van der Waals surface area contributed by atoms with Crippen molar-refractivity contribution >= 4 is 5.97 Å². The summed E-state index contributed by atoms with van der Waals surface area (Å²) in [4.78, 5) is 14.6. The lowest BCUT2D eigenvalue weighted by atomic mass is 9.88. The second-order valence-electron chi connectivity index (χ2n) is 6.48. The van der Waals surface area contributed by atoms with E-state index in [1.54, 1.807) is 0 Å². The Balaban J connectivity index is 2.02. The first-order chi connectivity index (χ1) is 8.97. The number of hydrogen-bond acceptors (Lipinski definition) is 4. The van der Waals surface area contributed by atoms with E-state index in [2.05, 4.69) is 18.7 Å². The summed E-state index contributed by atoms with van der Waals surface area (Å²) in [6.45, 7) is 8.51. The van der Waals surface area contributed by atoms with Gasteiger partial charge in [0.1, 0.15) is 5.54 Å². The van der Waals surface area contributed by atoms with Gasteiger partial charge in [-0.25, -0.2) is 4.79 Å². The van der Waals surface area contributed by atoms with Gasteiger partial charge in [-0.1, -0.05) is 6.92 Å². The summed E-state index contributed by atoms with van der Waals surface area (Å²) in [5.74, 6) is 0.892. The van der Waals surface area contributed by atoms with Gasteiger partial charge in [-0.2, -0.15) is 0 Å². The summed E-state index contributed by atoms with van der Waals surface area (Å²) in [6.07, 6.45) is 4.53. The quantitative estimate of drug-likeness (QED) is 0.772. The van der Waals surface area contributed by atoms with Crippen LogP contribution in [0.3, 0.4) is 0 Å². The monoisotopic (exact) mass is 268 g/mol. The topological polar surface area (TPSA) is 55.6 Å². The van der Waals surface area contributed by atoms with Crippen LogP contribution in [0.1, 0.15) is 46.5 Å². The Bertz CT molecular complexity index is 330. The van der Waals surface area contributed by atoms with E-state index in [4.69, 9.17) is 10.5 Å². The molecule has 4 nitrogen and oxygen atoms in total. The number of ether oxygens (including phenoxy) is 1. The number of rotatable bonds is 5. The molecular weight excluding hydrogens is 240 g/mol. The van der Waals surface area contributed by atoms with Gasteiger partial charge in [0, 0.05) is 12.6 Å². The molecule has 4 heteroatoms. The van der Waals surface area contributed by atoms with E-state index in [1.807, 2.05) is 6.92 Å². The maximum absolute atomic E-state index is 12.2. The first-order valence-corrected chi connectivity index (χ1v) is 7.67. The van der Waals surface area contributed by atoms with E-state index in [0.717, 1.165) is 25.3 Å². The molecule has 0 aromatic rings. The molecule has 2 fully saturated rings. The van der Waals surface area contributed by atoms with Crippen molar-refractivity contribution in [3.63, 3.8) is 0 Å². The van der Waals surface area contributed by atoms with Crippen LogP contribution in [-0.4, -0.2) is 42.1 Å². The second kappa shape index (κ2) is 5.80. The normalized spacial score (nSPS) is 31.8. The second-order valence-corrected chi connectivity index (χ2v) is 6.48. The lowest BCUT2D eigenvalue weighted by Gasteiger charge is -2.41. The maximum Gasteiger partial charge on any atom is 0.327 e. The maximum atomic E-state index is 12.2. The highest BCUT2D eigenvalue weighted by Gasteiger charge is 2.50. The summed E-state index contributed by atoms with van der Waals surface area (Å²) >= 11 is 0. The molecule has 2 aliphatic rings. The number of likely N-dealkylation sites (tertiary alicyclic amines) is 1. The minimum atomic E-state index is -0.787. The van der Waals surface area contributed by atoms with Crippen LogP contribution < -0.4 is 5.73 Å². The molecule has 1 saturated carbocycles. The fourth-order valence-corrected chi connectivity index (χ4v) is 3.25. The Morgan fingerprint density at radius 2 is 2.05 bits per heavy atom. The first kappa shape index (κ1) is 14.8. The Kier molecular flexibility index (Phi) is 4.51. The van der Waals surface area contributed by atoms with E-state index in [0.29, 0.717) is 25.1 Å². The van der Waals surface area contributed by atoms with Gasteiger partial charge < -0.3 is 10.5 Å². The summed E-state index contributed by atoms with van der Waals surface area (Å²) < 4.78 is 5.22. The molecule has 2 rings (SSSR count). The molecule has 2 N–H and O–H groups in total. The molecule has 0 bridgehead atoms. The molecule has 1 aliphatic carbocycles. The van der Waals surface area contributed by atoms with Crippen molar-refractivity contribution in [2.45, 2.75) is 58.0 Å². The molecule has 3 unspecified atom stereocenters. The fourth-order valence-electron chi connectivity index (χ4n) is 3.25. The average Bonchev–Trinajstić information content (AvgIpc) is 3.17. The number of nitrogens with two attached hydrogens (primary N) is 1. The van der Waals surface area contributed by atoms with Crippen LogP contribution in [0.5, 0.6) is 0 Å². The van der Waals surface area contributed by atoms with Crippen molar-refractivity contribution in [2.75, 3.05) is 19.7 Å². The Labute approximate surface area is 116 Å². The minimum Gasteiger partial charge on any atom is -0.465 e. The van der Waals surface area contributed by atoms with Gasteiger partial charge in [0.2, 0.25) is 0 Å². The fraction of sp³-hybridized carbons (Fsp3) is 0.933. The highest BCUT2D eigenvalue weighted by Crippen LogP contribution is 2.40. The lowest BCUT2D eigenvalue weighted by Crippen LogP contribution is -2.60. The van der Waals surface area contributed by atoms with Crippen molar-refractivity contribution < 1.29 is 9.53 Å². The first-order valence-electron chi connectivity index (χ1n) is 7.67. The van der Waals surface area contributed by atoms with Gasteiger partial charge >= 0.3 is 5.97 Å². The largest absolute Gasteiger partial charge is 0.465 e. The van der Waals surface area contributed by atoms with E-state index < -0.39 is 5.54 Å². The third-order valence-electron chi connectivity index (χ3n) is 4.70. The molecule has 0 aromatic carbocycles. The molecule has 1 heterocycles. The van der Waals surface area contributed by atoms with Gasteiger partial charge in [-0.05, 0) is 57.9 Å². The number of carbonyl (C=O) groups excluding carboxylic acids is 1. The molecule has 0 aromatic heterocycles. The molecule has 1 saturated heterocycles. The van der Waals surface area contributed by atoms with Crippen molar-refractivity contribution in [2.24, 2.45) is 17.6 Å². The van der Waals surface area contributed by atoms with Crippen molar-refractivity contribution in [3.8, 4) is 0 Å². The zero-order valence-corrected chi connectivity index (χ0v) is 12.5. The number of hydrogen-bond donors (Lipinski definition) is 1. The predicted octanol–water partition coefficient (Wildman–Crippen LogP) is 1.78. The zero-order chi connectivity index (χ0) is 14.0. The van der Waals surface area contributed by atoms with Crippen LogP contribution in [-0.2, 0) is 9.53 Å². The van der Waals surface area contributed by atoms with Crippen LogP contribution in [0.15, 0.2) is 0 Å². The van der Waals surface area contributed by atoms with E-state index in [9.17, 15) is 4.79 Å². The highest BCUT2D eigenvalue weighted by molar-refractivity contribution is 5.82. The van der Waals surface area contributed by atoms with Crippen LogP contribution in [0, 0.1) is 11.8 Å². The van der Waals surface area contributed by atoms with Gasteiger partial charge in [-0.15, -0.1) is 0 Å². The molecule has 0 radical (unpaired) electrons. The number of nitrogens with zero attached hydrogens (tertiary/aromatic N) is 1. The molecule has 110 valence electrons. The van der Waals surface area contributed by atoms with Crippen molar-refractivity contribution in [1.29, 1.82) is 0 Å². The lowest BCUT2D eigenvalue weighted by molar-refractivity contribution is -0.152. The Morgan fingerprint density at radius 1 is 1.37 bits per heavy atom. The molecule has 0 spiro atoms. The zero-order valence-electron chi connectivity index (χ0n) is 12.5. The average molecular weight is 268 g/mol. The molecule has 1 aliphatic heterocycles. The van der Waals surface area contributed by atoms with Crippen molar-refractivity contribution in [1.82, 2.24) is 4.90 Å². The third kappa shape index (κ3) is 3.29. The third-order valence-corrected chi connectivity index (χ3v) is 4.70. The van der Waals surface area contributed by atoms with E-state index >= 15 is 0 Å². The van der Waals surface area contributed by atoms with Gasteiger partial charge in [0.15, 0.2) is 0 Å². The number of esters is 1. The van der Waals surface area contributed by atoms with Gasteiger partial charge in [-0.3, -0.25) is 4.90 Å². The van der Waals surface area contributed by atoms with E-state index in [-0.39, 0.29) is 5.97 Å². The summed E-state index contributed by atoms with van der Waals surface area (Å²) in [5.41, 5.74) is 5.66. The Morgan fingerprint density at radius 3 is 2.58 bits per heavy atom. The van der Waals surface area contributed by atoms with Crippen LogP contribution >= 0.6 is 0 Å². The Hall–Kier alpha value is -0.610. The van der Waals surface area contributed by atoms with Crippen LogP contribution in [0.2, 0.25) is 0 Å². The minimum absolute atomic E-state index is 0.205. The number of piperidine rings is 1. The standard InChI is InChI=1S/C15H28N2O2/c1-4-19-14(18)15(16,13-5-6-13)10-17-8-7-11(2)9-12(17)3/h11-13H,4-10,16H2,1-3H3. The van der Waals surface area contributed by atoms with Crippen molar-refractivity contribution in [3.05, 3.63) is 0 Å². The highest BCUT2D eigenvalue weighted by atomic mass is 16.5. The number of carbonyl (C=O) groups is 1. The van der Waals surface area contributed by atoms with Crippen LogP contribution in [0.4, 0.5) is 0 Å².